The molecule has 270 valence electrons. The highest BCUT2D eigenvalue weighted by atomic mass is 35.5. The highest BCUT2D eigenvalue weighted by Gasteiger charge is 2.20. The topological polar surface area (TPSA) is 121 Å². The summed E-state index contributed by atoms with van der Waals surface area (Å²) in [6.45, 7) is 4.74. The summed E-state index contributed by atoms with van der Waals surface area (Å²) in [5, 5.41) is 13.9. The first kappa shape index (κ1) is 39.5. The highest BCUT2D eigenvalue weighted by molar-refractivity contribution is 7.99. The van der Waals surface area contributed by atoms with Crippen LogP contribution in [0.2, 0.25) is 5.02 Å². The van der Waals surface area contributed by atoms with Crippen molar-refractivity contribution in [3.8, 4) is 5.75 Å². The van der Waals surface area contributed by atoms with Crippen LogP contribution in [0.5, 0.6) is 5.75 Å². The Morgan fingerprint density at radius 1 is 0.863 bits per heavy atom. The van der Waals surface area contributed by atoms with E-state index in [0.717, 1.165) is 30.4 Å². The minimum absolute atomic E-state index is 0.0387. The standard InChI is InChI=1S/C39H46ClN5O4S2/c1-3-34(43-38(47)36-22-21-32(51-36)15-10-13-28-11-6-5-7-12-28)35(27-50-26-30-14-8-9-16-33(30)40)44-45-39(48)42-24-23-29-17-19-31(20-18-29)49-25-37(46)41-4-2/h5-9,11-12,14,16-22,34H,3-4,10,13,15,23-27H2,1-2H3,(H,41,46)(H,43,47)(H2,42,45,48)/b44-35+/t34-/m0/s1. The third-order valence-electron chi connectivity index (χ3n) is 7.87. The van der Waals surface area contributed by atoms with Gasteiger partial charge in [0.1, 0.15) is 5.75 Å². The van der Waals surface area contributed by atoms with Gasteiger partial charge in [-0.15, -0.1) is 11.3 Å². The van der Waals surface area contributed by atoms with E-state index >= 15 is 0 Å². The van der Waals surface area contributed by atoms with Crippen LogP contribution in [0.4, 0.5) is 4.79 Å². The molecule has 0 aliphatic carbocycles. The Morgan fingerprint density at radius 3 is 2.35 bits per heavy atom. The highest BCUT2D eigenvalue weighted by Crippen LogP contribution is 2.22. The zero-order chi connectivity index (χ0) is 36.3. The Morgan fingerprint density at radius 2 is 1.61 bits per heavy atom. The van der Waals surface area contributed by atoms with Gasteiger partial charge < -0.3 is 20.7 Å². The molecule has 9 nitrogen and oxygen atoms in total. The number of nitrogens with zero attached hydrogens (tertiary/aromatic N) is 1. The maximum atomic E-state index is 13.4. The maximum Gasteiger partial charge on any atom is 0.335 e. The van der Waals surface area contributed by atoms with Crippen molar-refractivity contribution in [1.29, 1.82) is 0 Å². The average molecular weight is 748 g/mol. The van der Waals surface area contributed by atoms with Crippen molar-refractivity contribution < 1.29 is 19.1 Å². The van der Waals surface area contributed by atoms with Crippen LogP contribution in [-0.2, 0) is 29.8 Å². The number of carbonyl (C=O) groups is 3. The summed E-state index contributed by atoms with van der Waals surface area (Å²) in [5.74, 6) is 1.41. The van der Waals surface area contributed by atoms with E-state index in [1.54, 1.807) is 23.9 Å². The van der Waals surface area contributed by atoms with Crippen LogP contribution >= 0.6 is 34.7 Å². The number of hydrazone groups is 1. The largest absolute Gasteiger partial charge is 0.484 e. The number of thiophene rings is 1. The molecule has 12 heteroatoms. The van der Waals surface area contributed by atoms with Crippen molar-refractivity contribution in [2.24, 2.45) is 5.10 Å². The lowest BCUT2D eigenvalue weighted by Crippen LogP contribution is -2.43. The van der Waals surface area contributed by atoms with Gasteiger partial charge in [0.25, 0.3) is 11.8 Å². The van der Waals surface area contributed by atoms with Gasteiger partial charge in [-0.3, -0.25) is 9.59 Å². The molecule has 1 aromatic heterocycles. The molecule has 0 spiro atoms. The molecule has 0 aliphatic rings. The summed E-state index contributed by atoms with van der Waals surface area (Å²) in [6, 6.07) is 28.6. The molecule has 4 aromatic rings. The van der Waals surface area contributed by atoms with Crippen LogP contribution in [0, 0.1) is 0 Å². The van der Waals surface area contributed by atoms with E-state index in [4.69, 9.17) is 16.3 Å². The number of hydrogen-bond acceptors (Lipinski definition) is 7. The van der Waals surface area contributed by atoms with E-state index in [0.29, 0.717) is 58.8 Å². The number of ether oxygens (including phenoxy) is 1. The normalized spacial score (nSPS) is 11.8. The summed E-state index contributed by atoms with van der Waals surface area (Å²) < 4.78 is 5.50. The number of urea groups is 1. The van der Waals surface area contributed by atoms with Crippen LogP contribution in [-0.4, -0.2) is 55.0 Å². The second-order valence-corrected chi connectivity index (χ2v) is 14.3. The molecule has 1 heterocycles. The van der Waals surface area contributed by atoms with Gasteiger partial charge in [-0.25, -0.2) is 10.2 Å². The number of carbonyl (C=O) groups excluding carboxylic acids is 3. The predicted octanol–water partition coefficient (Wildman–Crippen LogP) is 7.43. The molecule has 0 aliphatic heterocycles. The Hall–Kier alpha value is -4.32. The second-order valence-electron chi connectivity index (χ2n) is 11.7. The summed E-state index contributed by atoms with van der Waals surface area (Å²) in [4.78, 5) is 39.6. The van der Waals surface area contributed by atoms with E-state index in [9.17, 15) is 14.4 Å². The van der Waals surface area contributed by atoms with Crippen molar-refractivity contribution >= 4 is 58.3 Å². The zero-order valence-corrected chi connectivity index (χ0v) is 31.5. The molecular formula is C39H46ClN5O4S2. The number of aryl methyl sites for hydroxylation is 2. The first-order valence-corrected chi connectivity index (χ1v) is 19.5. The minimum Gasteiger partial charge on any atom is -0.484 e. The number of amides is 4. The summed E-state index contributed by atoms with van der Waals surface area (Å²) in [6.07, 6.45) is 4.11. The Kier molecular flexibility index (Phi) is 16.9. The number of likely N-dealkylation sites (N-methyl/N-ethyl adjacent to an activating group) is 1. The molecular weight excluding hydrogens is 702 g/mol. The van der Waals surface area contributed by atoms with E-state index in [-0.39, 0.29) is 24.5 Å². The van der Waals surface area contributed by atoms with Gasteiger partial charge in [0.15, 0.2) is 6.61 Å². The Balaban J connectivity index is 1.31. The van der Waals surface area contributed by atoms with Crippen molar-refractivity contribution in [3.63, 3.8) is 0 Å². The lowest BCUT2D eigenvalue weighted by Gasteiger charge is -2.19. The maximum absolute atomic E-state index is 13.4. The fraction of sp³-hybridized carbons (Fsp3) is 0.333. The number of rotatable bonds is 20. The van der Waals surface area contributed by atoms with Crippen LogP contribution in [0.15, 0.2) is 96.1 Å². The van der Waals surface area contributed by atoms with Gasteiger partial charge in [-0.2, -0.15) is 16.9 Å². The van der Waals surface area contributed by atoms with Crippen LogP contribution in [0.3, 0.4) is 0 Å². The molecule has 51 heavy (non-hydrogen) atoms. The lowest BCUT2D eigenvalue weighted by atomic mass is 10.1. The molecule has 0 saturated carbocycles. The molecule has 0 fully saturated rings. The molecule has 0 radical (unpaired) electrons. The molecule has 4 N–H and O–H groups in total. The predicted molar refractivity (Wildman–Crippen MR) is 210 cm³/mol. The van der Waals surface area contributed by atoms with Gasteiger partial charge >= 0.3 is 6.03 Å². The molecule has 4 amide bonds. The van der Waals surface area contributed by atoms with Crippen molar-refractivity contribution in [3.05, 3.63) is 122 Å². The average Bonchev–Trinajstić information content (AvgIpc) is 3.62. The number of thioether (sulfide) groups is 1. The fourth-order valence-corrected chi connectivity index (χ4v) is 7.40. The monoisotopic (exact) mass is 747 g/mol. The fourth-order valence-electron chi connectivity index (χ4n) is 5.12. The first-order chi connectivity index (χ1) is 24.8. The lowest BCUT2D eigenvalue weighted by molar-refractivity contribution is -0.122. The van der Waals surface area contributed by atoms with E-state index in [2.05, 4.69) is 50.7 Å². The molecule has 0 saturated heterocycles. The van der Waals surface area contributed by atoms with Gasteiger partial charge in [-0.1, -0.05) is 79.2 Å². The number of halogens is 1. The van der Waals surface area contributed by atoms with Crippen LogP contribution in [0.25, 0.3) is 0 Å². The zero-order valence-electron chi connectivity index (χ0n) is 29.1. The quantitative estimate of drug-likeness (QED) is 0.0554. The van der Waals surface area contributed by atoms with Crippen molar-refractivity contribution in [1.82, 2.24) is 21.4 Å². The summed E-state index contributed by atoms with van der Waals surface area (Å²) in [7, 11) is 0. The molecule has 4 rings (SSSR count). The van der Waals surface area contributed by atoms with Crippen LogP contribution < -0.4 is 26.1 Å². The molecule has 3 aromatic carbocycles. The number of benzene rings is 3. The first-order valence-electron chi connectivity index (χ1n) is 17.2. The van der Waals surface area contributed by atoms with E-state index in [1.165, 1.54) is 21.8 Å². The van der Waals surface area contributed by atoms with Gasteiger partial charge in [0.2, 0.25) is 0 Å². The third kappa shape index (κ3) is 14.1. The SMILES string of the molecule is CCNC(=O)COc1ccc(CCNC(=O)N/N=C(\CSCc2ccccc2Cl)[C@H](CC)NC(=O)c2ccc(CCCc3ccccc3)s2)cc1. The third-order valence-corrected chi connectivity index (χ3v) is 10.4. The van der Waals surface area contributed by atoms with Crippen molar-refractivity contribution in [2.45, 2.75) is 57.7 Å². The molecule has 1 atom stereocenters. The molecule has 0 unspecified atom stereocenters. The number of hydrogen-bond donors (Lipinski definition) is 4. The summed E-state index contributed by atoms with van der Waals surface area (Å²) >= 11 is 9.51. The second kappa shape index (κ2) is 21.8. The molecule has 0 bridgehead atoms. The Labute approximate surface area is 314 Å². The Bertz CT molecular complexity index is 1720. The van der Waals surface area contributed by atoms with Gasteiger partial charge in [-0.05, 0) is 86.1 Å². The van der Waals surface area contributed by atoms with Crippen molar-refractivity contribution in [2.75, 3.05) is 25.4 Å². The number of nitrogens with one attached hydrogen (secondary N) is 4. The van der Waals surface area contributed by atoms with Gasteiger partial charge in [0.05, 0.1) is 16.6 Å². The van der Waals surface area contributed by atoms with E-state index in [1.807, 2.05) is 68.4 Å². The summed E-state index contributed by atoms with van der Waals surface area (Å²) in [5.41, 5.74) is 6.61. The smallest absolute Gasteiger partial charge is 0.335 e. The van der Waals surface area contributed by atoms with Crippen LogP contribution in [0.1, 0.15) is 57.9 Å². The van der Waals surface area contributed by atoms with Gasteiger partial charge in [0, 0.05) is 34.5 Å². The minimum atomic E-state index is -0.440. The van der Waals surface area contributed by atoms with E-state index < -0.39 is 6.03 Å².